The molecule has 224 valence electrons. The van der Waals surface area contributed by atoms with Crippen molar-refractivity contribution in [1.82, 2.24) is 14.5 Å². The monoisotopic (exact) mass is 598 g/mol. The lowest BCUT2D eigenvalue weighted by atomic mass is 9.72. The molecule has 0 amide bonds. The molecule has 0 atom stereocenters. The molecule has 0 bridgehead atoms. The number of ether oxygens (including phenoxy) is 2. The van der Waals surface area contributed by atoms with Crippen molar-refractivity contribution in [2.24, 2.45) is 12.5 Å². The molecule has 2 aliphatic rings. The van der Waals surface area contributed by atoms with Crippen LogP contribution in [-0.4, -0.2) is 60.3 Å². The molecule has 7 nitrogen and oxygen atoms in total. The fourth-order valence-electron chi connectivity index (χ4n) is 6.28. The van der Waals surface area contributed by atoms with Gasteiger partial charge in [-0.2, -0.15) is 0 Å². The second-order valence-electron chi connectivity index (χ2n) is 12.5. The van der Waals surface area contributed by atoms with Gasteiger partial charge in [-0.1, -0.05) is 43.2 Å². The van der Waals surface area contributed by atoms with Crippen molar-refractivity contribution >= 4 is 39.9 Å². The van der Waals surface area contributed by atoms with E-state index >= 15 is 0 Å². The summed E-state index contributed by atoms with van der Waals surface area (Å²) in [6, 6.07) is 19.8. The number of benzene rings is 3. The number of methoxy groups -OCH3 is 1. The number of carbonyl (C=O) groups is 1. The lowest BCUT2D eigenvalue weighted by Gasteiger charge is -2.39. The highest BCUT2D eigenvalue weighted by atomic mass is 35.5. The van der Waals surface area contributed by atoms with Crippen molar-refractivity contribution in [2.45, 2.75) is 33.1 Å². The van der Waals surface area contributed by atoms with Crippen LogP contribution in [0.1, 0.15) is 49.0 Å². The Balaban J connectivity index is 1.18. The van der Waals surface area contributed by atoms with Gasteiger partial charge >= 0.3 is 5.97 Å². The van der Waals surface area contributed by atoms with Crippen molar-refractivity contribution < 1.29 is 14.3 Å². The number of carbonyl (C=O) groups excluding carboxylic acids is 1. The highest BCUT2D eigenvalue weighted by Crippen LogP contribution is 2.43. The van der Waals surface area contributed by atoms with Crippen LogP contribution in [-0.2, 0) is 11.8 Å². The maximum atomic E-state index is 12.6. The van der Waals surface area contributed by atoms with E-state index in [9.17, 15) is 4.79 Å². The molecular formula is C35H39ClN4O3. The number of esters is 1. The number of nitrogens with zero attached hydrogens (tertiary/aromatic N) is 4. The van der Waals surface area contributed by atoms with E-state index in [4.69, 9.17) is 21.1 Å². The van der Waals surface area contributed by atoms with Crippen LogP contribution in [0.2, 0.25) is 5.02 Å². The number of rotatable bonds is 7. The first-order valence-electron chi connectivity index (χ1n) is 14.9. The highest BCUT2D eigenvalue weighted by molar-refractivity contribution is 6.30. The van der Waals surface area contributed by atoms with Crippen molar-refractivity contribution in [1.29, 1.82) is 0 Å². The number of hydrogen-bond donors (Lipinski definition) is 0. The summed E-state index contributed by atoms with van der Waals surface area (Å²) in [6.07, 6.45) is 5.21. The van der Waals surface area contributed by atoms with Gasteiger partial charge in [-0.25, -0.2) is 9.78 Å². The Morgan fingerprint density at radius 1 is 1.00 bits per heavy atom. The summed E-state index contributed by atoms with van der Waals surface area (Å²) >= 11 is 6.20. The molecule has 1 aliphatic carbocycles. The number of piperazine rings is 1. The molecule has 1 saturated heterocycles. The van der Waals surface area contributed by atoms with Gasteiger partial charge in [0.2, 0.25) is 0 Å². The first-order valence-corrected chi connectivity index (χ1v) is 15.3. The minimum Gasteiger partial charge on any atom is -0.465 e. The molecule has 6 rings (SSSR count). The molecule has 0 N–H and O–H groups in total. The Labute approximate surface area is 258 Å². The van der Waals surface area contributed by atoms with Gasteiger partial charge in [0, 0.05) is 62.6 Å². The van der Waals surface area contributed by atoms with Gasteiger partial charge in [-0.15, -0.1) is 0 Å². The number of aromatic nitrogens is 2. The minimum atomic E-state index is -0.425. The fourth-order valence-corrected chi connectivity index (χ4v) is 6.40. The Kier molecular flexibility index (Phi) is 8.21. The first kappa shape index (κ1) is 29.3. The molecular weight excluding hydrogens is 560 g/mol. The third-order valence-electron chi connectivity index (χ3n) is 8.83. The Hall–Kier alpha value is -3.81. The molecule has 0 radical (unpaired) electrons. The first-order chi connectivity index (χ1) is 20.7. The zero-order valence-corrected chi connectivity index (χ0v) is 26.2. The number of imidazole rings is 1. The van der Waals surface area contributed by atoms with Crippen LogP contribution in [0.5, 0.6) is 11.5 Å². The zero-order chi connectivity index (χ0) is 30.1. The van der Waals surface area contributed by atoms with E-state index in [1.54, 1.807) is 18.0 Å². The summed E-state index contributed by atoms with van der Waals surface area (Å²) in [5, 5.41) is 0.777. The van der Waals surface area contributed by atoms with Gasteiger partial charge < -0.3 is 18.9 Å². The van der Waals surface area contributed by atoms with Gasteiger partial charge in [0.15, 0.2) is 0 Å². The van der Waals surface area contributed by atoms with Crippen molar-refractivity contribution in [3.8, 4) is 11.5 Å². The van der Waals surface area contributed by atoms with Crippen LogP contribution in [0, 0.1) is 5.41 Å². The largest absolute Gasteiger partial charge is 0.465 e. The fraction of sp³-hybridized carbons (Fsp3) is 0.371. The SMILES string of the molecule is COC(=O)c1ccc(N2CCN(CC3=C(c4ccc(Cl)cc4)CC(C)(C)CC3)CC2)cc1Oc1ccc2c(c1)ncn2C. The van der Waals surface area contributed by atoms with Gasteiger partial charge in [0.25, 0.3) is 0 Å². The van der Waals surface area contributed by atoms with E-state index in [2.05, 4.69) is 40.8 Å². The van der Waals surface area contributed by atoms with Gasteiger partial charge in [-0.3, -0.25) is 4.90 Å². The molecule has 1 aromatic heterocycles. The molecule has 3 aromatic carbocycles. The second kappa shape index (κ2) is 12.1. The minimum absolute atomic E-state index is 0.302. The molecule has 0 unspecified atom stereocenters. The summed E-state index contributed by atoms with van der Waals surface area (Å²) in [5.74, 6) is 0.675. The topological polar surface area (TPSA) is 59.8 Å². The smallest absolute Gasteiger partial charge is 0.341 e. The van der Waals surface area contributed by atoms with Crippen LogP contribution < -0.4 is 9.64 Å². The molecule has 43 heavy (non-hydrogen) atoms. The maximum absolute atomic E-state index is 12.6. The third-order valence-corrected chi connectivity index (χ3v) is 9.08. The van der Waals surface area contributed by atoms with Crippen LogP contribution in [0.4, 0.5) is 5.69 Å². The van der Waals surface area contributed by atoms with E-state index < -0.39 is 5.97 Å². The average Bonchev–Trinajstić information content (AvgIpc) is 3.38. The standard InChI is InChI=1S/C35H39ClN4O3/c1-35(2)14-13-25(30(21-35)24-5-7-26(36)8-6-24)22-39-15-17-40(18-16-39)27-9-11-29(34(41)42-4)33(19-27)43-28-10-12-32-31(20-28)37-23-38(32)3/h5-12,19-20,23H,13-18,21-22H2,1-4H3. The van der Waals surface area contributed by atoms with Crippen LogP contribution in [0.3, 0.4) is 0 Å². The average molecular weight is 599 g/mol. The Morgan fingerprint density at radius 3 is 2.51 bits per heavy atom. The number of halogens is 1. The number of allylic oxidation sites excluding steroid dienone is 1. The van der Waals surface area contributed by atoms with Crippen molar-refractivity contribution in [3.63, 3.8) is 0 Å². The van der Waals surface area contributed by atoms with Crippen LogP contribution in [0.15, 0.2) is 72.6 Å². The van der Waals surface area contributed by atoms with E-state index in [0.29, 0.717) is 22.5 Å². The zero-order valence-electron chi connectivity index (χ0n) is 25.4. The molecule has 8 heteroatoms. The molecule has 1 aliphatic heterocycles. The predicted molar refractivity (Wildman–Crippen MR) is 173 cm³/mol. The summed E-state index contributed by atoms with van der Waals surface area (Å²) in [6.45, 7) is 9.46. The molecule has 1 fully saturated rings. The van der Waals surface area contributed by atoms with E-state index in [-0.39, 0.29) is 0 Å². The summed E-state index contributed by atoms with van der Waals surface area (Å²) < 4.78 is 13.3. The quantitative estimate of drug-likeness (QED) is 0.204. The third kappa shape index (κ3) is 6.43. The molecule has 4 aromatic rings. The van der Waals surface area contributed by atoms with Crippen LogP contribution in [0.25, 0.3) is 16.6 Å². The molecule has 0 spiro atoms. The van der Waals surface area contributed by atoms with Crippen molar-refractivity contribution in [2.75, 3.05) is 44.7 Å². The lowest BCUT2D eigenvalue weighted by molar-refractivity contribution is 0.0598. The number of aryl methyl sites for hydroxylation is 1. The van der Waals surface area contributed by atoms with E-state index in [0.717, 1.165) is 67.3 Å². The Bertz CT molecular complexity index is 1670. The van der Waals surface area contributed by atoms with E-state index in [1.165, 1.54) is 24.7 Å². The Morgan fingerprint density at radius 2 is 1.77 bits per heavy atom. The normalized spacial score (nSPS) is 17.4. The number of fused-ring (bicyclic) bond motifs is 1. The van der Waals surface area contributed by atoms with E-state index in [1.807, 2.05) is 54.1 Å². The summed E-state index contributed by atoms with van der Waals surface area (Å²) in [4.78, 5) is 22.0. The maximum Gasteiger partial charge on any atom is 0.341 e. The van der Waals surface area contributed by atoms with Gasteiger partial charge in [0.05, 0.1) is 24.5 Å². The number of hydrogen-bond acceptors (Lipinski definition) is 6. The lowest BCUT2D eigenvalue weighted by Crippen LogP contribution is -2.47. The summed E-state index contributed by atoms with van der Waals surface area (Å²) in [7, 11) is 3.35. The van der Waals surface area contributed by atoms with Crippen LogP contribution >= 0.6 is 11.6 Å². The summed E-state index contributed by atoms with van der Waals surface area (Å²) in [5.41, 5.74) is 7.91. The molecule has 0 saturated carbocycles. The van der Waals surface area contributed by atoms with Gasteiger partial charge in [-0.05, 0) is 72.2 Å². The van der Waals surface area contributed by atoms with Gasteiger partial charge in [0.1, 0.15) is 17.1 Å². The number of anilines is 1. The highest BCUT2D eigenvalue weighted by Gasteiger charge is 2.29. The molecule has 2 heterocycles. The predicted octanol–water partition coefficient (Wildman–Crippen LogP) is 7.59. The van der Waals surface area contributed by atoms with Crippen molar-refractivity contribution in [3.05, 3.63) is 88.7 Å². The second-order valence-corrected chi connectivity index (χ2v) is 12.9.